The molecule has 0 aromatic carbocycles. The first-order valence-corrected chi connectivity index (χ1v) is 9.19. The molecular weight excluding hydrogens is 371 g/mol. The van der Waals surface area contributed by atoms with E-state index in [1.54, 1.807) is 11.3 Å². The Morgan fingerprint density at radius 2 is 2.04 bits per heavy atom. The van der Waals surface area contributed by atoms with Crippen molar-refractivity contribution in [2.45, 2.75) is 50.4 Å². The molecule has 0 radical (unpaired) electrons. The van der Waals surface area contributed by atoms with Gasteiger partial charge >= 0.3 is 12.1 Å². The third-order valence-electron chi connectivity index (χ3n) is 4.84. The standard InChI is InChI=1S/C14H21N3OS.C2HF3O2/c1-16-13(18)4-2-5-14(16)6-3-8-17(11-14)10-12-15-7-9-19-12;3-2(4,5)1(6)7/h7,9H,2-6,8,10-11H2,1H3;(H,6,7). The average molecular weight is 393 g/mol. The van der Waals surface area contributed by atoms with Crippen LogP contribution in [0.5, 0.6) is 0 Å². The Hall–Kier alpha value is -1.68. The zero-order valence-electron chi connectivity index (χ0n) is 14.5. The summed E-state index contributed by atoms with van der Waals surface area (Å²) >= 11 is 1.72. The first kappa shape index (κ1) is 20.6. The van der Waals surface area contributed by atoms with E-state index in [0.29, 0.717) is 5.91 Å². The molecule has 1 amide bonds. The highest BCUT2D eigenvalue weighted by Crippen LogP contribution is 2.36. The van der Waals surface area contributed by atoms with Gasteiger partial charge in [0.05, 0.1) is 12.1 Å². The van der Waals surface area contributed by atoms with Gasteiger partial charge < -0.3 is 10.0 Å². The second kappa shape index (κ2) is 8.34. The van der Waals surface area contributed by atoms with Crippen LogP contribution >= 0.6 is 11.3 Å². The van der Waals surface area contributed by atoms with E-state index in [2.05, 4.69) is 9.88 Å². The molecule has 1 unspecified atom stereocenters. The highest BCUT2D eigenvalue weighted by atomic mass is 32.1. The monoisotopic (exact) mass is 393 g/mol. The fourth-order valence-electron chi connectivity index (χ4n) is 3.51. The minimum Gasteiger partial charge on any atom is -0.475 e. The fraction of sp³-hybridized carbons (Fsp3) is 0.688. The molecule has 2 aliphatic rings. The lowest BCUT2D eigenvalue weighted by atomic mass is 9.80. The number of hydrogen-bond donors (Lipinski definition) is 1. The molecule has 1 aromatic heterocycles. The highest BCUT2D eigenvalue weighted by molar-refractivity contribution is 7.09. The summed E-state index contributed by atoms with van der Waals surface area (Å²) in [6.45, 7) is 3.07. The molecule has 1 atom stereocenters. The van der Waals surface area contributed by atoms with Gasteiger partial charge in [-0.3, -0.25) is 9.69 Å². The Kier molecular flexibility index (Phi) is 6.62. The van der Waals surface area contributed by atoms with Crippen LogP contribution < -0.4 is 0 Å². The van der Waals surface area contributed by atoms with Crippen LogP contribution in [0.25, 0.3) is 0 Å². The van der Waals surface area contributed by atoms with Crippen LogP contribution in [-0.2, 0) is 16.1 Å². The first-order valence-electron chi connectivity index (χ1n) is 8.31. The Balaban J connectivity index is 0.000000298. The number of thiazole rings is 1. The van der Waals surface area contributed by atoms with Crippen molar-refractivity contribution < 1.29 is 27.9 Å². The molecule has 1 aromatic rings. The van der Waals surface area contributed by atoms with Crippen molar-refractivity contribution in [2.75, 3.05) is 20.1 Å². The molecule has 0 aliphatic carbocycles. The predicted molar refractivity (Wildman–Crippen MR) is 89.7 cm³/mol. The lowest BCUT2D eigenvalue weighted by Crippen LogP contribution is -2.60. The van der Waals surface area contributed by atoms with Crippen LogP contribution in [0.1, 0.15) is 37.1 Å². The molecule has 10 heteroatoms. The number of rotatable bonds is 2. The molecule has 1 N–H and O–H groups in total. The molecule has 2 aliphatic heterocycles. The molecule has 3 rings (SSSR count). The molecule has 1 spiro atoms. The molecule has 3 heterocycles. The van der Waals surface area contributed by atoms with Crippen molar-refractivity contribution in [1.82, 2.24) is 14.8 Å². The number of aromatic nitrogens is 1. The molecule has 2 saturated heterocycles. The normalized spacial score (nSPS) is 24.3. The van der Waals surface area contributed by atoms with E-state index in [1.165, 1.54) is 11.4 Å². The Bertz CT molecular complexity index is 620. The lowest BCUT2D eigenvalue weighted by Gasteiger charge is -2.50. The number of carbonyl (C=O) groups is 2. The maximum absolute atomic E-state index is 12.0. The Morgan fingerprint density at radius 3 is 2.62 bits per heavy atom. The van der Waals surface area contributed by atoms with Gasteiger partial charge in [0.1, 0.15) is 5.01 Å². The predicted octanol–water partition coefficient (Wildman–Crippen LogP) is 2.75. The fourth-order valence-corrected chi connectivity index (χ4v) is 4.17. The number of nitrogens with zero attached hydrogens (tertiary/aromatic N) is 3. The molecule has 2 fully saturated rings. The summed E-state index contributed by atoms with van der Waals surface area (Å²) in [5.41, 5.74) is 0.0881. The second-order valence-corrected chi connectivity index (χ2v) is 7.55. The molecule has 0 bridgehead atoms. The SMILES string of the molecule is CN1C(=O)CCCC12CCCN(Cc1nccs1)C2.O=C(O)C(F)(F)F. The zero-order chi connectivity index (χ0) is 19.4. The van der Waals surface area contributed by atoms with Gasteiger partial charge in [0, 0.05) is 31.6 Å². The third kappa shape index (κ3) is 5.16. The Morgan fingerprint density at radius 1 is 1.38 bits per heavy atom. The summed E-state index contributed by atoms with van der Waals surface area (Å²) in [6, 6.07) is 0. The maximum atomic E-state index is 12.0. The third-order valence-corrected chi connectivity index (χ3v) is 5.60. The molecule has 26 heavy (non-hydrogen) atoms. The number of aliphatic carboxylic acids is 1. The van der Waals surface area contributed by atoms with Gasteiger partial charge in [-0.25, -0.2) is 9.78 Å². The number of likely N-dealkylation sites (tertiary alicyclic amines) is 2. The average Bonchev–Trinajstić information content (AvgIpc) is 3.06. The summed E-state index contributed by atoms with van der Waals surface area (Å²) in [4.78, 5) is 29.8. The van der Waals surface area contributed by atoms with Crippen LogP contribution in [0.4, 0.5) is 13.2 Å². The van der Waals surface area contributed by atoms with Gasteiger partial charge in [0.25, 0.3) is 0 Å². The van der Waals surface area contributed by atoms with Gasteiger partial charge in [0.2, 0.25) is 5.91 Å². The molecule has 6 nitrogen and oxygen atoms in total. The summed E-state index contributed by atoms with van der Waals surface area (Å²) in [5.74, 6) is -2.44. The highest BCUT2D eigenvalue weighted by Gasteiger charge is 2.43. The minimum atomic E-state index is -5.08. The van der Waals surface area contributed by atoms with Crippen LogP contribution in [0.3, 0.4) is 0 Å². The number of hydrogen-bond acceptors (Lipinski definition) is 5. The number of amides is 1. The quantitative estimate of drug-likeness (QED) is 0.836. The van der Waals surface area contributed by atoms with Crippen molar-refractivity contribution in [2.24, 2.45) is 0 Å². The number of carboxylic acids is 1. The van der Waals surface area contributed by atoms with E-state index in [4.69, 9.17) is 9.90 Å². The summed E-state index contributed by atoms with van der Waals surface area (Å²) < 4.78 is 31.7. The van der Waals surface area contributed by atoms with E-state index >= 15 is 0 Å². The molecule has 0 saturated carbocycles. The van der Waals surface area contributed by atoms with E-state index in [-0.39, 0.29) is 5.54 Å². The number of halogens is 3. The van der Waals surface area contributed by atoms with Crippen molar-refractivity contribution in [3.63, 3.8) is 0 Å². The van der Waals surface area contributed by atoms with Crippen LogP contribution in [-0.4, -0.2) is 63.6 Å². The van der Waals surface area contributed by atoms with Crippen molar-refractivity contribution in [3.8, 4) is 0 Å². The van der Waals surface area contributed by atoms with Crippen LogP contribution in [0.2, 0.25) is 0 Å². The number of carbonyl (C=O) groups excluding carboxylic acids is 1. The van der Waals surface area contributed by atoms with Gasteiger partial charge in [0.15, 0.2) is 0 Å². The lowest BCUT2D eigenvalue weighted by molar-refractivity contribution is -0.192. The second-order valence-electron chi connectivity index (χ2n) is 6.57. The number of piperidine rings is 2. The first-order chi connectivity index (χ1) is 12.1. The summed E-state index contributed by atoms with van der Waals surface area (Å²) in [6.07, 6.45) is 2.06. The van der Waals surface area contributed by atoms with Gasteiger partial charge in [-0.1, -0.05) is 0 Å². The summed E-state index contributed by atoms with van der Waals surface area (Å²) in [5, 5.41) is 10.3. The number of alkyl halides is 3. The van der Waals surface area contributed by atoms with E-state index < -0.39 is 12.1 Å². The van der Waals surface area contributed by atoms with Crippen molar-refractivity contribution in [1.29, 1.82) is 0 Å². The van der Waals surface area contributed by atoms with Crippen LogP contribution in [0.15, 0.2) is 11.6 Å². The van der Waals surface area contributed by atoms with Crippen LogP contribution in [0, 0.1) is 0 Å². The smallest absolute Gasteiger partial charge is 0.475 e. The summed E-state index contributed by atoms with van der Waals surface area (Å²) in [7, 11) is 1.99. The van der Waals surface area contributed by atoms with E-state index in [0.717, 1.165) is 45.3 Å². The number of carboxylic acid groups (broad SMARTS) is 1. The van der Waals surface area contributed by atoms with Crippen molar-refractivity contribution in [3.05, 3.63) is 16.6 Å². The van der Waals surface area contributed by atoms with Gasteiger partial charge in [-0.05, 0) is 32.2 Å². The van der Waals surface area contributed by atoms with E-state index in [9.17, 15) is 18.0 Å². The maximum Gasteiger partial charge on any atom is 0.490 e. The topological polar surface area (TPSA) is 73.7 Å². The number of likely N-dealkylation sites (N-methyl/N-ethyl adjacent to an activating group) is 1. The zero-order valence-corrected chi connectivity index (χ0v) is 15.3. The molecule has 146 valence electrons. The van der Waals surface area contributed by atoms with E-state index in [1.807, 2.05) is 23.5 Å². The van der Waals surface area contributed by atoms with Gasteiger partial charge in [-0.15, -0.1) is 11.3 Å². The largest absolute Gasteiger partial charge is 0.490 e. The minimum absolute atomic E-state index is 0.0881. The van der Waals surface area contributed by atoms with Gasteiger partial charge in [-0.2, -0.15) is 13.2 Å². The Labute approximate surface area is 153 Å². The molecular formula is C16H22F3N3O3S. The van der Waals surface area contributed by atoms with Crippen molar-refractivity contribution >= 4 is 23.2 Å².